The van der Waals surface area contributed by atoms with Crippen LogP contribution in [0.3, 0.4) is 0 Å². The van der Waals surface area contributed by atoms with Gasteiger partial charge >= 0.3 is 0 Å². The second-order valence-electron chi connectivity index (χ2n) is 14.9. The Bertz CT molecular complexity index is 779. The van der Waals surface area contributed by atoms with Gasteiger partial charge in [0, 0.05) is 5.75 Å². The van der Waals surface area contributed by atoms with Crippen LogP contribution in [0.25, 0.3) is 0 Å². The van der Waals surface area contributed by atoms with Gasteiger partial charge in [-0.25, -0.2) is 0 Å². The molecule has 0 radical (unpaired) electrons. The maximum absolute atomic E-state index is 6.25. The molecule has 0 saturated heterocycles. The van der Waals surface area contributed by atoms with Gasteiger partial charge in [-0.15, -0.1) is 11.8 Å². The lowest BCUT2D eigenvalue weighted by atomic mass is 10.0. The third kappa shape index (κ3) is 35.1. The molecule has 3 heteroatoms. The Balaban J connectivity index is 2.04. The normalized spacial score (nSPS) is 11.8. The highest BCUT2D eigenvalue weighted by Gasteiger charge is 2.03. The van der Waals surface area contributed by atoms with Gasteiger partial charge < -0.3 is 9.47 Å². The lowest BCUT2D eigenvalue weighted by Crippen LogP contribution is -2.01. The predicted molar refractivity (Wildman–Crippen MR) is 222 cm³/mol. The monoisotopic (exact) mass is 701 g/mol. The minimum Gasteiger partial charge on any atom is -0.498 e. The molecular weight excluding hydrogens is 617 g/mol. The van der Waals surface area contributed by atoms with E-state index in [1.165, 1.54) is 198 Å². The first-order chi connectivity index (χ1) is 24.4. The van der Waals surface area contributed by atoms with E-state index in [1.807, 2.05) is 18.0 Å². The van der Waals surface area contributed by atoms with Crippen molar-refractivity contribution >= 4 is 11.8 Å². The summed E-state index contributed by atoms with van der Waals surface area (Å²) in [5.74, 6) is 2.91. The highest BCUT2D eigenvalue weighted by atomic mass is 32.2. The van der Waals surface area contributed by atoms with Gasteiger partial charge in [0.05, 0.1) is 19.0 Å². The summed E-state index contributed by atoms with van der Waals surface area (Å²) in [6, 6.07) is 10.8. The van der Waals surface area contributed by atoms with Crippen LogP contribution in [0.2, 0.25) is 0 Å². The number of hydrogen-bond acceptors (Lipinski definition) is 3. The van der Waals surface area contributed by atoms with Crippen molar-refractivity contribution in [3.8, 4) is 0 Å². The fourth-order valence-electron chi connectivity index (χ4n) is 6.69. The van der Waals surface area contributed by atoms with Crippen LogP contribution in [-0.2, 0) is 15.2 Å². The molecule has 49 heavy (non-hydrogen) atoms. The second-order valence-corrected chi connectivity index (χ2v) is 15.9. The SMILES string of the molecule is CCCCCCCCCCCCCCCCCCOC=C(CSCc1ccccc1)OCCCCCCCCCCCCCCCCCC. The molecule has 1 rings (SSSR count). The molecule has 0 amide bonds. The molecule has 0 saturated carbocycles. The largest absolute Gasteiger partial charge is 0.498 e. The van der Waals surface area contributed by atoms with Crippen LogP contribution in [0, 0.1) is 0 Å². The number of benzene rings is 1. The van der Waals surface area contributed by atoms with Crippen molar-refractivity contribution in [2.45, 2.75) is 225 Å². The molecule has 1 aromatic carbocycles. The Morgan fingerprint density at radius 3 is 1.18 bits per heavy atom. The summed E-state index contributed by atoms with van der Waals surface area (Å²) in [5.41, 5.74) is 1.37. The molecule has 0 heterocycles. The number of unbranched alkanes of at least 4 members (excludes halogenated alkanes) is 30. The minimum absolute atomic E-state index is 0.813. The highest BCUT2D eigenvalue weighted by Crippen LogP contribution is 2.18. The first-order valence-electron chi connectivity index (χ1n) is 21.9. The Kier molecular flexibility index (Phi) is 37.2. The molecule has 0 aliphatic carbocycles. The van der Waals surface area contributed by atoms with Gasteiger partial charge in [0.25, 0.3) is 0 Å². The van der Waals surface area contributed by atoms with E-state index in [0.717, 1.165) is 43.3 Å². The molecule has 0 aliphatic heterocycles. The van der Waals surface area contributed by atoms with Crippen molar-refractivity contribution in [2.75, 3.05) is 19.0 Å². The summed E-state index contributed by atoms with van der Waals surface area (Å²) in [4.78, 5) is 0. The minimum atomic E-state index is 0.813. The first kappa shape index (κ1) is 45.9. The first-order valence-corrected chi connectivity index (χ1v) is 23.1. The average Bonchev–Trinajstić information content (AvgIpc) is 3.12. The third-order valence-electron chi connectivity index (χ3n) is 9.97. The molecule has 0 aromatic heterocycles. The van der Waals surface area contributed by atoms with Crippen molar-refractivity contribution in [1.82, 2.24) is 0 Å². The van der Waals surface area contributed by atoms with E-state index in [1.54, 1.807) is 0 Å². The molecule has 286 valence electrons. The van der Waals surface area contributed by atoms with Crippen molar-refractivity contribution in [2.24, 2.45) is 0 Å². The molecule has 0 unspecified atom stereocenters. The second kappa shape index (κ2) is 39.7. The quantitative estimate of drug-likeness (QED) is 0.0501. The average molecular weight is 701 g/mol. The zero-order valence-electron chi connectivity index (χ0n) is 33.1. The van der Waals surface area contributed by atoms with E-state index in [0.29, 0.717) is 0 Å². The maximum atomic E-state index is 6.25. The van der Waals surface area contributed by atoms with Crippen LogP contribution in [0.4, 0.5) is 0 Å². The van der Waals surface area contributed by atoms with Gasteiger partial charge in [0.2, 0.25) is 0 Å². The van der Waals surface area contributed by atoms with Crippen molar-refractivity contribution in [3.05, 3.63) is 47.9 Å². The molecule has 0 aliphatic rings. The van der Waals surface area contributed by atoms with E-state index >= 15 is 0 Å². The van der Waals surface area contributed by atoms with Crippen molar-refractivity contribution in [3.63, 3.8) is 0 Å². The van der Waals surface area contributed by atoms with Crippen LogP contribution in [-0.4, -0.2) is 19.0 Å². The topological polar surface area (TPSA) is 18.5 Å². The zero-order valence-corrected chi connectivity index (χ0v) is 34.0. The molecule has 2 nitrogen and oxygen atoms in total. The Morgan fingerprint density at radius 1 is 0.449 bits per heavy atom. The fraction of sp³-hybridized carbons (Fsp3) is 0.826. The van der Waals surface area contributed by atoms with E-state index in [-0.39, 0.29) is 0 Å². The molecule has 1 aromatic rings. The van der Waals surface area contributed by atoms with E-state index in [9.17, 15) is 0 Å². The molecule has 0 atom stereocenters. The van der Waals surface area contributed by atoms with Crippen LogP contribution in [0.1, 0.15) is 225 Å². The lowest BCUT2D eigenvalue weighted by Gasteiger charge is -2.11. The van der Waals surface area contributed by atoms with Crippen molar-refractivity contribution < 1.29 is 9.47 Å². The molecule has 0 spiro atoms. The van der Waals surface area contributed by atoms with Crippen LogP contribution in [0.5, 0.6) is 0 Å². The molecule has 0 fully saturated rings. The number of thioether (sulfide) groups is 1. The maximum Gasteiger partial charge on any atom is 0.140 e. The predicted octanol–water partition coefficient (Wildman–Crippen LogP) is 16.3. The van der Waals surface area contributed by atoms with E-state index in [2.05, 4.69) is 44.2 Å². The zero-order chi connectivity index (χ0) is 35.0. The van der Waals surface area contributed by atoms with Gasteiger partial charge in [0.1, 0.15) is 12.0 Å². The van der Waals surface area contributed by atoms with Gasteiger partial charge in [0.15, 0.2) is 0 Å². The van der Waals surface area contributed by atoms with Gasteiger partial charge in [-0.1, -0.05) is 237 Å². The standard InChI is InChI=1S/C46H84O2S/c1-3-5-7-9-11-13-15-17-19-21-23-25-27-29-31-36-40-47-42-46(44-49-43-45-38-34-33-35-39-45)48-41-37-32-30-28-26-24-22-20-18-16-14-12-10-8-6-4-2/h33-35,38-39,42H,3-32,36-37,40-41,43-44H2,1-2H3. The van der Waals surface area contributed by atoms with Crippen LogP contribution in [0.15, 0.2) is 42.4 Å². The summed E-state index contributed by atoms with van der Waals surface area (Å²) in [6.45, 7) is 6.23. The molecule has 0 N–H and O–H groups in total. The smallest absolute Gasteiger partial charge is 0.140 e. The molecule has 0 bridgehead atoms. The summed E-state index contributed by atoms with van der Waals surface area (Å²) < 4.78 is 12.2. The van der Waals surface area contributed by atoms with Gasteiger partial charge in [-0.3, -0.25) is 0 Å². The van der Waals surface area contributed by atoms with Crippen molar-refractivity contribution in [1.29, 1.82) is 0 Å². The summed E-state index contributed by atoms with van der Waals surface area (Å²) in [7, 11) is 0. The summed E-state index contributed by atoms with van der Waals surface area (Å²) in [5, 5.41) is 0. The Morgan fingerprint density at radius 2 is 0.796 bits per heavy atom. The Hall–Kier alpha value is -1.09. The lowest BCUT2D eigenvalue weighted by molar-refractivity contribution is 0.172. The van der Waals surface area contributed by atoms with Crippen LogP contribution < -0.4 is 0 Å². The Labute approximate surface area is 312 Å². The van der Waals surface area contributed by atoms with Gasteiger partial charge in [-0.05, 0) is 18.4 Å². The number of hydrogen-bond donors (Lipinski definition) is 0. The van der Waals surface area contributed by atoms with Gasteiger partial charge in [-0.2, -0.15) is 0 Å². The summed E-state index contributed by atoms with van der Waals surface area (Å²) >= 11 is 1.92. The summed E-state index contributed by atoms with van der Waals surface area (Å²) in [6.07, 6.45) is 46.7. The third-order valence-corrected chi connectivity index (χ3v) is 11.0. The number of rotatable bonds is 40. The fourth-order valence-corrected chi connectivity index (χ4v) is 7.57. The van der Waals surface area contributed by atoms with Crippen LogP contribution >= 0.6 is 11.8 Å². The number of ether oxygens (including phenoxy) is 2. The molecular formula is C46H84O2S. The highest BCUT2D eigenvalue weighted by molar-refractivity contribution is 7.98. The van der Waals surface area contributed by atoms with E-state index in [4.69, 9.17) is 9.47 Å². The van der Waals surface area contributed by atoms with E-state index < -0.39 is 0 Å².